The average Bonchev–Trinajstić information content (AvgIpc) is 3.24. The smallest absolute Gasteiger partial charge is 0.251 e. The molecule has 1 spiro atoms. The van der Waals surface area contributed by atoms with Gasteiger partial charge in [0.2, 0.25) is 11.8 Å². The molecule has 0 aliphatic carbocycles. The van der Waals surface area contributed by atoms with Crippen molar-refractivity contribution in [3.8, 4) is 0 Å². The Balaban J connectivity index is 1.40. The zero-order valence-corrected chi connectivity index (χ0v) is 23.0. The lowest BCUT2D eigenvalue weighted by atomic mass is 9.78. The fourth-order valence-corrected chi connectivity index (χ4v) is 8.72. The van der Waals surface area contributed by atoms with Crippen LogP contribution in [0.4, 0.5) is 5.69 Å². The van der Waals surface area contributed by atoms with Gasteiger partial charge < -0.3 is 19.8 Å². The highest BCUT2D eigenvalue weighted by molar-refractivity contribution is 8.02. The van der Waals surface area contributed by atoms with Crippen molar-refractivity contribution < 1.29 is 19.5 Å². The molecule has 2 saturated heterocycles. The molecule has 1 unspecified atom stereocenters. The highest BCUT2D eigenvalue weighted by Crippen LogP contribution is 2.61. The molecule has 7 nitrogen and oxygen atoms in total. The maximum Gasteiger partial charge on any atom is 0.251 e. The monoisotopic (exact) mass is 543 g/mol. The number of aliphatic hydroxyl groups is 1. The standard InChI is InChI=1S/C31H33N3O4S/c1-20-11-12-21(2)23(18-20)33-15-7-13-31-26(29(37)34(16-17-35)27(31)30(33)38)25-24(39-31)10-6-14-32(28(25)36)19-22-8-4-3-5-9-22/h3-13,18,24-27,35H,14-17,19H2,1-2H3/t24-,25+,26-,27?,31-/m0/s1. The SMILES string of the molecule is Cc1ccc(C)c(N2CC=C[C@]34S[C@H]5C=CCN(Cc6ccccc6)C(=O)[C@H]5[C@H]3C(=O)N(CCO)C4C2=O)c1. The summed E-state index contributed by atoms with van der Waals surface area (Å²) in [5.41, 5.74) is 3.88. The van der Waals surface area contributed by atoms with Crippen LogP contribution in [0.15, 0.2) is 72.8 Å². The van der Waals surface area contributed by atoms with E-state index < -0.39 is 22.6 Å². The molecule has 2 aromatic carbocycles. The van der Waals surface area contributed by atoms with E-state index in [0.717, 1.165) is 22.4 Å². The number of rotatable bonds is 5. The lowest BCUT2D eigenvalue weighted by Gasteiger charge is -2.35. The summed E-state index contributed by atoms with van der Waals surface area (Å²) >= 11 is 1.56. The number of aliphatic hydroxyl groups excluding tert-OH is 1. The highest BCUT2D eigenvalue weighted by Gasteiger charge is 2.71. The van der Waals surface area contributed by atoms with Crippen LogP contribution < -0.4 is 4.90 Å². The third-order valence-corrected chi connectivity index (χ3v) is 10.2. The summed E-state index contributed by atoms with van der Waals surface area (Å²) in [6, 6.07) is 15.1. The molecule has 4 aliphatic heterocycles. The van der Waals surface area contributed by atoms with Crippen LogP contribution in [0.3, 0.4) is 0 Å². The number of fused-ring (bicyclic) bond motifs is 2. The van der Waals surface area contributed by atoms with E-state index in [2.05, 4.69) is 6.08 Å². The summed E-state index contributed by atoms with van der Waals surface area (Å²) in [5, 5.41) is 9.71. The van der Waals surface area contributed by atoms with Crippen LogP contribution in [0.5, 0.6) is 0 Å². The van der Waals surface area contributed by atoms with Crippen molar-refractivity contribution in [1.29, 1.82) is 0 Å². The van der Waals surface area contributed by atoms with Crippen LogP contribution in [0.25, 0.3) is 0 Å². The van der Waals surface area contributed by atoms with Crippen molar-refractivity contribution in [3.05, 3.63) is 89.5 Å². The molecule has 1 N–H and O–H groups in total. The van der Waals surface area contributed by atoms with E-state index in [1.807, 2.05) is 85.5 Å². The largest absolute Gasteiger partial charge is 0.395 e. The number of thioether (sulfide) groups is 1. The number of likely N-dealkylation sites (tertiary alicyclic amines) is 1. The van der Waals surface area contributed by atoms with Crippen LogP contribution in [0.2, 0.25) is 0 Å². The summed E-state index contributed by atoms with van der Waals surface area (Å²) in [7, 11) is 0. The van der Waals surface area contributed by atoms with Crippen LogP contribution in [0.1, 0.15) is 16.7 Å². The maximum atomic E-state index is 14.4. The van der Waals surface area contributed by atoms with E-state index in [0.29, 0.717) is 19.6 Å². The molecule has 0 bridgehead atoms. The molecule has 202 valence electrons. The molecule has 3 amide bonds. The number of aryl methyl sites for hydroxylation is 2. The van der Waals surface area contributed by atoms with E-state index in [-0.39, 0.29) is 36.1 Å². The third-order valence-electron chi connectivity index (χ3n) is 8.45. The Morgan fingerprint density at radius 1 is 0.974 bits per heavy atom. The predicted molar refractivity (Wildman–Crippen MR) is 152 cm³/mol. The number of hydrogen-bond acceptors (Lipinski definition) is 5. The number of carbonyl (C=O) groups excluding carboxylic acids is 3. The van der Waals surface area contributed by atoms with Crippen molar-refractivity contribution in [1.82, 2.24) is 9.80 Å². The number of amides is 3. The quantitative estimate of drug-likeness (QED) is 0.587. The van der Waals surface area contributed by atoms with Gasteiger partial charge in [0.25, 0.3) is 5.91 Å². The molecular formula is C31H33N3O4S. The van der Waals surface area contributed by atoms with Crippen molar-refractivity contribution >= 4 is 35.2 Å². The first-order valence-electron chi connectivity index (χ1n) is 13.5. The van der Waals surface area contributed by atoms with Gasteiger partial charge in [-0.1, -0.05) is 66.8 Å². The molecule has 2 fully saturated rings. The van der Waals surface area contributed by atoms with E-state index in [4.69, 9.17) is 0 Å². The Morgan fingerprint density at radius 2 is 1.77 bits per heavy atom. The van der Waals surface area contributed by atoms with Crippen LogP contribution in [0, 0.1) is 25.7 Å². The number of benzene rings is 2. The minimum absolute atomic E-state index is 0.0532. The topological polar surface area (TPSA) is 81.2 Å². The Kier molecular flexibility index (Phi) is 6.63. The van der Waals surface area contributed by atoms with Gasteiger partial charge in [-0.3, -0.25) is 14.4 Å². The van der Waals surface area contributed by atoms with Gasteiger partial charge in [-0.25, -0.2) is 0 Å². The molecule has 6 rings (SSSR count). The molecular weight excluding hydrogens is 510 g/mol. The first-order chi connectivity index (χ1) is 18.9. The first-order valence-corrected chi connectivity index (χ1v) is 14.4. The normalized spacial score (nSPS) is 29.8. The van der Waals surface area contributed by atoms with E-state index in [1.165, 1.54) is 4.90 Å². The van der Waals surface area contributed by atoms with Gasteiger partial charge in [0, 0.05) is 37.1 Å². The van der Waals surface area contributed by atoms with Crippen molar-refractivity contribution in [3.63, 3.8) is 0 Å². The minimum atomic E-state index is -0.888. The maximum absolute atomic E-state index is 14.4. The Hall–Kier alpha value is -3.36. The summed E-state index contributed by atoms with van der Waals surface area (Å²) in [6.07, 6.45) is 8.07. The number of β-amino-alcohol motifs (C(OH)–C–C–N with tert-alkyl or cyclic N) is 1. The number of hydrogen-bond donors (Lipinski definition) is 1. The second-order valence-electron chi connectivity index (χ2n) is 10.9. The highest BCUT2D eigenvalue weighted by atomic mass is 32.2. The van der Waals surface area contributed by atoms with E-state index in [1.54, 1.807) is 16.7 Å². The number of nitrogens with zero attached hydrogens (tertiary/aromatic N) is 3. The fourth-order valence-electron chi connectivity index (χ4n) is 6.71. The zero-order valence-electron chi connectivity index (χ0n) is 22.2. The summed E-state index contributed by atoms with van der Waals surface area (Å²) in [4.78, 5) is 47.8. The molecule has 0 radical (unpaired) electrons. The Bertz CT molecular complexity index is 1380. The predicted octanol–water partition coefficient (Wildman–Crippen LogP) is 3.09. The summed E-state index contributed by atoms with van der Waals surface area (Å²) < 4.78 is -0.888. The Labute approximate surface area is 233 Å². The first kappa shape index (κ1) is 25.9. The molecule has 5 atom stereocenters. The van der Waals surface area contributed by atoms with Crippen molar-refractivity contribution in [2.24, 2.45) is 11.8 Å². The zero-order chi connectivity index (χ0) is 27.3. The fraction of sp³-hybridized carbons (Fsp3) is 0.387. The molecule has 4 heterocycles. The van der Waals surface area contributed by atoms with Gasteiger partial charge in [0.05, 0.1) is 23.2 Å². The summed E-state index contributed by atoms with van der Waals surface area (Å²) in [5.74, 6) is -1.72. The second kappa shape index (κ2) is 9.99. The van der Waals surface area contributed by atoms with E-state index >= 15 is 0 Å². The lowest BCUT2D eigenvalue weighted by Crippen LogP contribution is -2.54. The number of anilines is 1. The molecule has 0 aromatic heterocycles. The second-order valence-corrected chi connectivity index (χ2v) is 12.4. The van der Waals surface area contributed by atoms with E-state index in [9.17, 15) is 19.5 Å². The summed E-state index contributed by atoms with van der Waals surface area (Å²) in [6.45, 7) is 5.10. The molecule has 2 aromatic rings. The third kappa shape index (κ3) is 4.12. The van der Waals surface area contributed by atoms with Crippen LogP contribution in [-0.2, 0) is 20.9 Å². The number of carbonyl (C=O) groups is 3. The molecule has 0 saturated carbocycles. The van der Waals surface area contributed by atoms with Gasteiger partial charge in [-0.05, 0) is 36.6 Å². The van der Waals surface area contributed by atoms with Gasteiger partial charge in [0.15, 0.2) is 0 Å². The minimum Gasteiger partial charge on any atom is -0.395 e. The van der Waals surface area contributed by atoms with Crippen LogP contribution in [-0.4, -0.2) is 74.9 Å². The molecule has 4 aliphatic rings. The van der Waals surface area contributed by atoms with Crippen molar-refractivity contribution in [2.75, 3.05) is 31.1 Å². The van der Waals surface area contributed by atoms with Crippen molar-refractivity contribution in [2.45, 2.75) is 36.4 Å². The molecule has 39 heavy (non-hydrogen) atoms. The lowest BCUT2D eigenvalue weighted by molar-refractivity contribution is -0.143. The van der Waals surface area contributed by atoms with Gasteiger partial charge in [0.1, 0.15) is 6.04 Å². The van der Waals surface area contributed by atoms with Crippen LogP contribution >= 0.6 is 11.8 Å². The Morgan fingerprint density at radius 3 is 2.54 bits per heavy atom. The average molecular weight is 544 g/mol. The molecule has 8 heteroatoms. The van der Waals surface area contributed by atoms with Gasteiger partial charge in [-0.15, -0.1) is 11.8 Å². The van der Waals surface area contributed by atoms with Gasteiger partial charge >= 0.3 is 0 Å². The van der Waals surface area contributed by atoms with Gasteiger partial charge in [-0.2, -0.15) is 0 Å².